The summed E-state index contributed by atoms with van der Waals surface area (Å²) >= 11 is 0. The lowest BCUT2D eigenvalue weighted by Crippen LogP contribution is -2.26. The van der Waals surface area contributed by atoms with Crippen LogP contribution < -0.4 is 15.7 Å². The van der Waals surface area contributed by atoms with Crippen LogP contribution in [-0.4, -0.2) is 34.7 Å². The Morgan fingerprint density at radius 2 is 1.96 bits per heavy atom. The van der Waals surface area contributed by atoms with Crippen LogP contribution in [0.4, 0.5) is 17.3 Å². The highest BCUT2D eigenvalue weighted by Gasteiger charge is 2.09. The van der Waals surface area contributed by atoms with Crippen LogP contribution in [0.1, 0.15) is 32.5 Å². The minimum atomic E-state index is 0.759. The van der Waals surface area contributed by atoms with Gasteiger partial charge in [-0.1, -0.05) is 20.4 Å². The first-order valence-corrected chi connectivity index (χ1v) is 8.76. The molecule has 0 saturated carbocycles. The van der Waals surface area contributed by atoms with E-state index in [1.165, 1.54) is 0 Å². The molecule has 0 amide bonds. The highest BCUT2D eigenvalue weighted by atomic mass is 15.2. The predicted octanol–water partition coefficient (Wildman–Crippen LogP) is 3.59. The summed E-state index contributed by atoms with van der Waals surface area (Å²) in [5.41, 5.74) is 1.75. The Kier molecular flexibility index (Phi) is 6.74. The lowest BCUT2D eigenvalue weighted by molar-refractivity contribution is 0.730. The predicted molar refractivity (Wildman–Crippen MR) is 105 cm³/mol. The molecule has 0 aliphatic rings. The van der Waals surface area contributed by atoms with Gasteiger partial charge in [0.25, 0.3) is 0 Å². The summed E-state index contributed by atoms with van der Waals surface area (Å²) in [4.78, 5) is 15.7. The van der Waals surface area contributed by atoms with E-state index in [9.17, 15) is 0 Å². The molecule has 0 radical (unpaired) electrons. The summed E-state index contributed by atoms with van der Waals surface area (Å²) in [6.45, 7) is 12.1. The van der Waals surface area contributed by atoms with E-state index < -0.39 is 0 Å². The van der Waals surface area contributed by atoms with E-state index in [2.05, 4.69) is 45.6 Å². The second kappa shape index (κ2) is 9.01. The largest absolute Gasteiger partial charge is 0.356 e. The van der Waals surface area contributed by atoms with Gasteiger partial charge in [-0.15, -0.1) is 0 Å². The number of aromatic nitrogens is 3. The summed E-state index contributed by atoms with van der Waals surface area (Å²) < 4.78 is 1.87. The maximum atomic E-state index is 4.61. The molecule has 2 rings (SSSR count). The van der Waals surface area contributed by atoms with Gasteiger partial charge in [-0.25, -0.2) is 9.97 Å². The molecule has 25 heavy (non-hydrogen) atoms. The molecule has 6 nitrogen and oxygen atoms in total. The van der Waals surface area contributed by atoms with Crippen LogP contribution in [0.25, 0.3) is 6.20 Å². The van der Waals surface area contributed by atoms with Gasteiger partial charge in [0.1, 0.15) is 22.9 Å². The van der Waals surface area contributed by atoms with Crippen molar-refractivity contribution in [2.75, 3.05) is 30.4 Å². The third-order valence-electron chi connectivity index (χ3n) is 3.80. The number of hydrogen-bond acceptors (Lipinski definition) is 5. The van der Waals surface area contributed by atoms with Crippen molar-refractivity contribution < 1.29 is 0 Å². The van der Waals surface area contributed by atoms with Crippen LogP contribution in [-0.2, 0) is 0 Å². The standard InChI is InChI=1S/C19H28N6/c1-6-10-25(11-7-2)19-14-17(21-15(4)22-19)23-16-9-12-24(8-3)18(13-16)20-5/h8-9,12-14H,3,6-7,10-11H2,1-2,4-5H3,(H,21,22,23). The quantitative estimate of drug-likeness (QED) is 0.798. The molecule has 0 spiro atoms. The molecule has 0 aliphatic heterocycles. The molecule has 0 bridgehead atoms. The minimum absolute atomic E-state index is 0.759. The van der Waals surface area contributed by atoms with Gasteiger partial charge in [0, 0.05) is 50.4 Å². The molecule has 0 unspecified atom stereocenters. The van der Waals surface area contributed by atoms with Gasteiger partial charge in [0.15, 0.2) is 0 Å². The van der Waals surface area contributed by atoms with E-state index in [1.807, 2.05) is 35.9 Å². The molecule has 0 fully saturated rings. The number of rotatable bonds is 8. The van der Waals surface area contributed by atoms with E-state index >= 15 is 0 Å². The SMILES string of the molecule is C=Cn1ccc(Nc2cc(N(CCC)CCC)nc(C)n2)cc1=NC. The first kappa shape index (κ1) is 18.7. The first-order valence-electron chi connectivity index (χ1n) is 8.76. The lowest BCUT2D eigenvalue weighted by Gasteiger charge is -2.23. The first-order chi connectivity index (χ1) is 12.1. The third kappa shape index (κ3) is 4.92. The van der Waals surface area contributed by atoms with Crippen LogP contribution in [0.2, 0.25) is 0 Å². The van der Waals surface area contributed by atoms with Crippen molar-refractivity contribution in [2.24, 2.45) is 4.99 Å². The molecule has 0 aromatic carbocycles. The Bertz CT molecular complexity index is 772. The average Bonchev–Trinajstić information content (AvgIpc) is 2.61. The monoisotopic (exact) mass is 340 g/mol. The van der Waals surface area contributed by atoms with Gasteiger partial charge in [-0.2, -0.15) is 0 Å². The molecule has 0 aliphatic carbocycles. The van der Waals surface area contributed by atoms with Gasteiger partial charge in [-0.3, -0.25) is 4.99 Å². The summed E-state index contributed by atoms with van der Waals surface area (Å²) in [5, 5.41) is 3.36. The molecule has 0 atom stereocenters. The molecule has 2 aromatic rings. The highest BCUT2D eigenvalue weighted by Crippen LogP contribution is 2.19. The Labute approximate surface area is 150 Å². The van der Waals surface area contributed by atoms with Crippen molar-refractivity contribution in [2.45, 2.75) is 33.6 Å². The smallest absolute Gasteiger partial charge is 0.136 e. The van der Waals surface area contributed by atoms with E-state index in [0.717, 1.165) is 54.6 Å². The van der Waals surface area contributed by atoms with Crippen molar-refractivity contribution in [1.29, 1.82) is 0 Å². The molecular weight excluding hydrogens is 312 g/mol. The summed E-state index contributed by atoms with van der Waals surface area (Å²) in [7, 11) is 1.76. The molecule has 1 N–H and O–H groups in total. The maximum absolute atomic E-state index is 4.61. The number of hydrogen-bond donors (Lipinski definition) is 1. The number of nitrogens with one attached hydrogen (secondary N) is 1. The van der Waals surface area contributed by atoms with Gasteiger partial charge in [0.05, 0.1) is 0 Å². The van der Waals surface area contributed by atoms with Crippen LogP contribution in [0.5, 0.6) is 0 Å². The van der Waals surface area contributed by atoms with Crippen LogP contribution in [0, 0.1) is 6.92 Å². The zero-order valence-electron chi connectivity index (χ0n) is 15.7. The third-order valence-corrected chi connectivity index (χ3v) is 3.80. The van der Waals surface area contributed by atoms with E-state index in [4.69, 9.17) is 0 Å². The molecule has 0 saturated heterocycles. The van der Waals surface area contributed by atoms with Crippen LogP contribution >= 0.6 is 0 Å². The van der Waals surface area contributed by atoms with Crippen molar-refractivity contribution in [1.82, 2.24) is 14.5 Å². The Balaban J connectivity index is 2.32. The summed E-state index contributed by atoms with van der Waals surface area (Å²) in [6.07, 6.45) is 5.83. The topological polar surface area (TPSA) is 58.3 Å². The second-order valence-corrected chi connectivity index (χ2v) is 5.86. The van der Waals surface area contributed by atoms with Crippen molar-refractivity contribution in [3.63, 3.8) is 0 Å². The average molecular weight is 340 g/mol. The van der Waals surface area contributed by atoms with Crippen molar-refractivity contribution in [3.8, 4) is 0 Å². The van der Waals surface area contributed by atoms with Gasteiger partial charge in [-0.05, 0) is 25.8 Å². The fraction of sp³-hybridized carbons (Fsp3) is 0.421. The fourth-order valence-corrected chi connectivity index (χ4v) is 2.72. The molecule has 134 valence electrons. The Morgan fingerprint density at radius 1 is 1.24 bits per heavy atom. The van der Waals surface area contributed by atoms with E-state index in [1.54, 1.807) is 13.2 Å². The Morgan fingerprint density at radius 3 is 2.56 bits per heavy atom. The van der Waals surface area contributed by atoms with E-state index in [0.29, 0.717) is 0 Å². The number of anilines is 3. The molecule has 2 aromatic heterocycles. The Hall–Kier alpha value is -2.63. The van der Waals surface area contributed by atoms with Crippen molar-refractivity contribution in [3.05, 3.63) is 42.3 Å². The maximum Gasteiger partial charge on any atom is 0.136 e. The fourth-order valence-electron chi connectivity index (χ4n) is 2.72. The zero-order chi connectivity index (χ0) is 18.2. The summed E-state index contributed by atoms with van der Waals surface area (Å²) in [5.74, 6) is 2.52. The highest BCUT2D eigenvalue weighted by molar-refractivity contribution is 5.59. The molecule has 2 heterocycles. The van der Waals surface area contributed by atoms with Gasteiger partial charge >= 0.3 is 0 Å². The van der Waals surface area contributed by atoms with Crippen LogP contribution in [0.15, 0.2) is 36.0 Å². The molecular formula is C19H28N6. The van der Waals surface area contributed by atoms with Gasteiger partial charge in [0.2, 0.25) is 0 Å². The number of pyridine rings is 1. The van der Waals surface area contributed by atoms with Gasteiger partial charge < -0.3 is 14.8 Å². The van der Waals surface area contributed by atoms with Crippen LogP contribution in [0.3, 0.4) is 0 Å². The number of aryl methyl sites for hydroxylation is 1. The normalized spacial score (nSPS) is 11.4. The summed E-state index contributed by atoms with van der Waals surface area (Å²) in [6, 6.07) is 5.95. The molecule has 6 heteroatoms. The van der Waals surface area contributed by atoms with Crippen molar-refractivity contribution >= 4 is 23.5 Å². The second-order valence-electron chi connectivity index (χ2n) is 5.86. The zero-order valence-corrected chi connectivity index (χ0v) is 15.7. The lowest BCUT2D eigenvalue weighted by atomic mass is 10.3. The minimum Gasteiger partial charge on any atom is -0.356 e. The number of nitrogens with zero attached hydrogens (tertiary/aromatic N) is 5. The van der Waals surface area contributed by atoms with E-state index in [-0.39, 0.29) is 0 Å².